The third-order valence-electron chi connectivity index (χ3n) is 6.31. The number of sulfone groups is 1. The van der Waals surface area contributed by atoms with Crippen LogP contribution in [0.4, 0.5) is 0 Å². The fraction of sp³-hybridized carbons (Fsp3) is 0.500. The molecule has 0 fully saturated rings. The molecule has 33 heavy (non-hydrogen) atoms. The molecule has 4 nitrogen and oxygen atoms in total. The van der Waals surface area contributed by atoms with Crippen LogP contribution in [0.2, 0.25) is 18.1 Å². The third-order valence-corrected chi connectivity index (χ3v) is 13.3. The molecular formula is C26H39NO3S2Si. The summed E-state index contributed by atoms with van der Waals surface area (Å²) < 4.78 is 32.0. The zero-order chi connectivity index (χ0) is 24.9. The van der Waals surface area contributed by atoms with Crippen LogP contribution in [0.1, 0.15) is 58.2 Å². The number of nitrogens with zero attached hydrogens (tertiary/aromatic N) is 1. The molecule has 1 aromatic carbocycles. The van der Waals surface area contributed by atoms with E-state index in [-0.39, 0.29) is 16.9 Å². The largest absolute Gasteiger partial charge is 0.410 e. The molecule has 1 heterocycles. The molecule has 0 spiro atoms. The van der Waals surface area contributed by atoms with Gasteiger partial charge < -0.3 is 4.43 Å². The van der Waals surface area contributed by atoms with E-state index in [1.807, 2.05) is 19.9 Å². The zero-order valence-electron chi connectivity index (χ0n) is 21.3. The first-order chi connectivity index (χ1) is 15.2. The van der Waals surface area contributed by atoms with Gasteiger partial charge in [0.25, 0.3) is 0 Å². The predicted molar refractivity (Wildman–Crippen MR) is 144 cm³/mol. The number of hydrogen-bond donors (Lipinski definition) is 0. The number of aryl methyl sites for hydroxylation is 1. The molecule has 182 valence electrons. The summed E-state index contributed by atoms with van der Waals surface area (Å²) in [6, 6.07) is 8.67. The van der Waals surface area contributed by atoms with Crippen molar-refractivity contribution in [2.45, 2.75) is 83.5 Å². The highest BCUT2D eigenvalue weighted by Crippen LogP contribution is 2.38. The Balaban J connectivity index is 2.17. The van der Waals surface area contributed by atoms with Gasteiger partial charge in [0.15, 0.2) is 18.2 Å². The summed E-state index contributed by atoms with van der Waals surface area (Å²) in [7, 11) is -5.27. The Kier molecular flexibility index (Phi) is 9.45. The third kappa shape index (κ3) is 8.32. The van der Waals surface area contributed by atoms with Crippen molar-refractivity contribution >= 4 is 35.6 Å². The first-order valence-corrected chi connectivity index (χ1v) is 16.9. The molecule has 2 aromatic rings. The molecule has 0 saturated carbocycles. The average molecular weight is 506 g/mol. The maximum atomic E-state index is 12.6. The molecule has 0 amide bonds. The summed E-state index contributed by atoms with van der Waals surface area (Å²) in [5, 5.41) is 3.22. The number of benzene rings is 1. The van der Waals surface area contributed by atoms with Gasteiger partial charge in [0.1, 0.15) is 0 Å². The van der Waals surface area contributed by atoms with Crippen molar-refractivity contribution in [2.24, 2.45) is 0 Å². The molecule has 0 bridgehead atoms. The van der Waals surface area contributed by atoms with Gasteiger partial charge in [-0.2, -0.15) is 0 Å². The van der Waals surface area contributed by atoms with Gasteiger partial charge in [0, 0.05) is 5.38 Å². The quantitative estimate of drug-likeness (QED) is 0.249. The Bertz CT molecular complexity index is 1080. The first kappa shape index (κ1) is 27.7. The number of thiazole rings is 1. The number of hydrogen-bond acceptors (Lipinski definition) is 5. The van der Waals surface area contributed by atoms with Crippen LogP contribution in [0.15, 0.2) is 57.8 Å². The van der Waals surface area contributed by atoms with E-state index < -0.39 is 18.2 Å². The highest BCUT2D eigenvalue weighted by atomic mass is 32.2. The van der Waals surface area contributed by atoms with Crippen LogP contribution in [0.5, 0.6) is 0 Å². The van der Waals surface area contributed by atoms with Gasteiger partial charge in [-0.1, -0.05) is 50.6 Å². The molecule has 0 radical (unpaired) electrons. The lowest BCUT2D eigenvalue weighted by Crippen LogP contribution is -2.44. The van der Waals surface area contributed by atoms with Crippen LogP contribution < -0.4 is 0 Å². The molecule has 0 aliphatic carbocycles. The molecule has 2 rings (SSSR count). The van der Waals surface area contributed by atoms with E-state index in [1.165, 1.54) is 0 Å². The second kappa shape index (κ2) is 11.3. The number of aromatic nitrogens is 1. The smallest absolute Gasteiger partial charge is 0.192 e. The van der Waals surface area contributed by atoms with Crippen LogP contribution >= 0.6 is 11.3 Å². The van der Waals surface area contributed by atoms with Crippen molar-refractivity contribution in [3.63, 3.8) is 0 Å². The van der Waals surface area contributed by atoms with Crippen molar-refractivity contribution in [1.29, 1.82) is 0 Å². The molecule has 0 aliphatic rings. The summed E-state index contributed by atoms with van der Waals surface area (Å²) in [5.74, 6) is 0.111. The predicted octanol–water partition coefficient (Wildman–Crippen LogP) is 7.45. The van der Waals surface area contributed by atoms with E-state index in [9.17, 15) is 8.42 Å². The first-order valence-electron chi connectivity index (χ1n) is 11.4. The second-order valence-electron chi connectivity index (χ2n) is 10.2. The number of rotatable bonds is 10. The summed E-state index contributed by atoms with van der Waals surface area (Å²) >= 11 is 1.64. The van der Waals surface area contributed by atoms with Gasteiger partial charge in [0.2, 0.25) is 0 Å². The summed E-state index contributed by atoms with van der Waals surface area (Å²) in [6.07, 6.45) is 5.42. The lowest BCUT2D eigenvalue weighted by molar-refractivity contribution is 0.217. The van der Waals surface area contributed by atoms with Crippen molar-refractivity contribution in [1.82, 2.24) is 4.98 Å². The number of allylic oxidation sites excluding steroid dienone is 1. The standard InChI is InChI=1S/C26H39NO3S2Si/c1-20(16-17-32(28,29)24-12-10-9-11-13-24)14-15-25(30-33(7,8)26(4,5)6)21(2)18-23-19-31-22(3)27-23/h9-14,18-19,25H,15-17H2,1-8H3/t25-/m0/s1. The SMILES string of the molecule is CC(=CC[C@H](O[Si](C)(C)C(C)(C)C)C(C)=Cc1csc(C)n1)CCS(=O)(=O)c1ccccc1. The van der Waals surface area contributed by atoms with Gasteiger partial charge in [-0.25, -0.2) is 13.4 Å². The summed E-state index contributed by atoms with van der Waals surface area (Å²) in [4.78, 5) is 4.96. The zero-order valence-corrected chi connectivity index (χ0v) is 23.9. The van der Waals surface area contributed by atoms with Crippen molar-refractivity contribution in [3.8, 4) is 0 Å². The molecule has 1 atom stereocenters. The van der Waals surface area contributed by atoms with Gasteiger partial charge in [-0.05, 0) is 75.5 Å². The van der Waals surface area contributed by atoms with Crippen LogP contribution in [-0.2, 0) is 14.3 Å². The molecule has 0 saturated heterocycles. The molecule has 1 aromatic heterocycles. The topological polar surface area (TPSA) is 56.3 Å². The van der Waals surface area contributed by atoms with Crippen molar-refractivity contribution < 1.29 is 12.8 Å². The van der Waals surface area contributed by atoms with E-state index >= 15 is 0 Å². The molecule has 0 N–H and O–H groups in total. The summed E-state index contributed by atoms with van der Waals surface area (Å²) in [6.45, 7) is 17.4. The lowest BCUT2D eigenvalue weighted by Gasteiger charge is -2.39. The van der Waals surface area contributed by atoms with Gasteiger partial charge in [0.05, 0.1) is 27.5 Å². The molecular weight excluding hydrogens is 467 g/mol. The van der Waals surface area contributed by atoms with Crippen LogP contribution in [0, 0.1) is 6.92 Å². The van der Waals surface area contributed by atoms with Crippen molar-refractivity contribution in [2.75, 3.05) is 5.75 Å². The molecule has 0 aliphatic heterocycles. The highest BCUT2D eigenvalue weighted by molar-refractivity contribution is 7.91. The normalized spacial score (nSPS) is 15.0. The van der Waals surface area contributed by atoms with Gasteiger partial charge >= 0.3 is 0 Å². The van der Waals surface area contributed by atoms with Crippen LogP contribution in [0.3, 0.4) is 0 Å². The Morgan fingerprint density at radius 1 is 1.18 bits per heavy atom. The minimum absolute atomic E-state index is 0.0615. The van der Waals surface area contributed by atoms with E-state index in [0.717, 1.165) is 28.3 Å². The maximum Gasteiger partial charge on any atom is 0.192 e. The Hall–Kier alpha value is -1.54. The Morgan fingerprint density at radius 2 is 1.82 bits per heavy atom. The fourth-order valence-electron chi connectivity index (χ4n) is 3.08. The summed E-state index contributed by atoms with van der Waals surface area (Å²) in [5.41, 5.74) is 3.18. The average Bonchev–Trinajstić information content (AvgIpc) is 3.13. The maximum absolute atomic E-state index is 12.6. The Labute approximate surface area is 205 Å². The van der Waals surface area contributed by atoms with Crippen LogP contribution in [-0.4, -0.2) is 33.6 Å². The second-order valence-corrected chi connectivity index (χ2v) is 18.1. The van der Waals surface area contributed by atoms with E-state index in [0.29, 0.717) is 11.3 Å². The Morgan fingerprint density at radius 3 is 2.36 bits per heavy atom. The van der Waals surface area contributed by atoms with E-state index in [1.54, 1.807) is 35.6 Å². The fourth-order valence-corrected chi connectivity index (χ4v) is 6.40. The monoisotopic (exact) mass is 505 g/mol. The van der Waals surface area contributed by atoms with E-state index in [2.05, 4.69) is 63.3 Å². The van der Waals surface area contributed by atoms with Gasteiger partial charge in [-0.15, -0.1) is 11.3 Å². The van der Waals surface area contributed by atoms with Crippen LogP contribution in [0.25, 0.3) is 6.08 Å². The minimum atomic E-state index is -3.28. The highest BCUT2D eigenvalue weighted by Gasteiger charge is 2.39. The molecule has 7 heteroatoms. The van der Waals surface area contributed by atoms with Gasteiger partial charge in [-0.3, -0.25) is 0 Å². The minimum Gasteiger partial charge on any atom is -0.410 e. The van der Waals surface area contributed by atoms with Crippen molar-refractivity contribution in [3.05, 3.63) is 63.6 Å². The van der Waals surface area contributed by atoms with E-state index in [4.69, 9.17) is 4.43 Å². The lowest BCUT2D eigenvalue weighted by atomic mass is 10.1. The molecule has 0 unspecified atom stereocenters.